The number of hydrogen-bond donors (Lipinski definition) is 1. The number of pyridine rings is 1. The molecule has 8 heteroatoms. The summed E-state index contributed by atoms with van der Waals surface area (Å²) in [6.07, 6.45) is 2.62. The van der Waals surface area contributed by atoms with Crippen molar-refractivity contribution in [2.75, 3.05) is 11.9 Å². The van der Waals surface area contributed by atoms with Crippen LogP contribution in [0.15, 0.2) is 52.3 Å². The number of aromatic nitrogens is 2. The molecule has 1 N–H and O–H groups in total. The number of halogens is 1. The quantitative estimate of drug-likeness (QED) is 0.279. The molecule has 0 amide bonds. The van der Waals surface area contributed by atoms with Gasteiger partial charge < -0.3 is 10.1 Å². The number of nitrogens with one attached hydrogen (secondary N) is 1. The van der Waals surface area contributed by atoms with E-state index in [0.717, 1.165) is 45.0 Å². The second kappa shape index (κ2) is 10.2. The smallest absolute Gasteiger partial charge is 0.322 e. The van der Waals surface area contributed by atoms with Gasteiger partial charge in [0.15, 0.2) is 4.34 Å². The normalized spacial score (nSPS) is 11.9. The third-order valence-electron chi connectivity index (χ3n) is 4.39. The Morgan fingerprint density at radius 1 is 1.09 bits per heavy atom. The Morgan fingerprint density at radius 2 is 1.78 bits per heavy atom. The summed E-state index contributed by atoms with van der Waals surface area (Å²) in [4.78, 5) is 21.6. The predicted octanol–water partition coefficient (Wildman–Crippen LogP) is 6.73. The van der Waals surface area contributed by atoms with Crippen molar-refractivity contribution in [3.05, 3.63) is 58.7 Å². The SMILES string of the molecule is CC(C)(C)OC(=O)C(C)(C)Sc1nc(CCNc2ccc(-c3ccc(Cl)cc3)cn2)cs1. The maximum Gasteiger partial charge on any atom is 0.322 e. The molecule has 2 heterocycles. The number of anilines is 1. The first-order valence-electron chi connectivity index (χ1n) is 10.3. The number of thioether (sulfide) groups is 1. The van der Waals surface area contributed by atoms with Gasteiger partial charge in [0.2, 0.25) is 0 Å². The second-order valence-electron chi connectivity index (χ2n) is 8.83. The van der Waals surface area contributed by atoms with Gasteiger partial charge in [-0.3, -0.25) is 4.79 Å². The van der Waals surface area contributed by atoms with Crippen LogP contribution in [-0.2, 0) is 16.0 Å². The fourth-order valence-electron chi connectivity index (χ4n) is 2.74. The third-order valence-corrected chi connectivity index (χ3v) is 6.81. The van der Waals surface area contributed by atoms with Crippen LogP contribution in [0.3, 0.4) is 0 Å². The monoisotopic (exact) mass is 489 g/mol. The van der Waals surface area contributed by atoms with Crippen LogP contribution in [0.4, 0.5) is 5.82 Å². The molecule has 0 spiro atoms. The molecule has 0 unspecified atom stereocenters. The Hall–Kier alpha value is -2.09. The van der Waals surface area contributed by atoms with Gasteiger partial charge in [0.05, 0.1) is 5.69 Å². The first-order valence-corrected chi connectivity index (χ1v) is 12.4. The van der Waals surface area contributed by atoms with Crippen molar-refractivity contribution in [3.63, 3.8) is 0 Å². The highest BCUT2D eigenvalue weighted by Crippen LogP contribution is 2.36. The summed E-state index contributed by atoms with van der Waals surface area (Å²) in [5.74, 6) is 0.583. The van der Waals surface area contributed by atoms with Crippen molar-refractivity contribution in [1.82, 2.24) is 9.97 Å². The van der Waals surface area contributed by atoms with Crippen molar-refractivity contribution in [2.45, 2.75) is 55.7 Å². The lowest BCUT2D eigenvalue weighted by atomic mass is 10.1. The lowest BCUT2D eigenvalue weighted by Crippen LogP contribution is -2.36. The average Bonchev–Trinajstić information content (AvgIpc) is 3.14. The van der Waals surface area contributed by atoms with Crippen molar-refractivity contribution < 1.29 is 9.53 Å². The van der Waals surface area contributed by atoms with Gasteiger partial charge in [-0.05, 0) is 64.4 Å². The summed E-state index contributed by atoms with van der Waals surface area (Å²) >= 11 is 8.94. The molecule has 32 heavy (non-hydrogen) atoms. The summed E-state index contributed by atoms with van der Waals surface area (Å²) in [5.41, 5.74) is 2.61. The van der Waals surface area contributed by atoms with Crippen molar-refractivity contribution in [1.29, 1.82) is 0 Å². The second-order valence-corrected chi connectivity index (χ2v) is 12.0. The molecule has 0 aliphatic carbocycles. The van der Waals surface area contributed by atoms with Gasteiger partial charge in [-0.15, -0.1) is 11.3 Å². The maximum atomic E-state index is 12.5. The lowest BCUT2D eigenvalue weighted by Gasteiger charge is -2.27. The number of ether oxygens (including phenoxy) is 1. The van der Waals surface area contributed by atoms with Crippen LogP contribution in [0.1, 0.15) is 40.3 Å². The van der Waals surface area contributed by atoms with Gasteiger partial charge in [-0.25, -0.2) is 9.97 Å². The van der Waals surface area contributed by atoms with E-state index >= 15 is 0 Å². The highest BCUT2D eigenvalue weighted by atomic mass is 35.5. The third kappa shape index (κ3) is 7.22. The number of rotatable bonds is 8. The molecule has 0 aliphatic rings. The average molecular weight is 490 g/mol. The molecule has 0 saturated carbocycles. The molecule has 0 saturated heterocycles. The van der Waals surface area contributed by atoms with Gasteiger partial charge in [0.1, 0.15) is 16.2 Å². The predicted molar refractivity (Wildman–Crippen MR) is 135 cm³/mol. The first-order chi connectivity index (χ1) is 15.0. The van der Waals surface area contributed by atoms with E-state index in [-0.39, 0.29) is 5.97 Å². The maximum absolute atomic E-state index is 12.5. The van der Waals surface area contributed by atoms with Crippen LogP contribution >= 0.6 is 34.7 Å². The Kier molecular flexibility index (Phi) is 7.85. The van der Waals surface area contributed by atoms with Crippen molar-refractivity contribution in [3.8, 4) is 11.1 Å². The van der Waals surface area contributed by atoms with Gasteiger partial charge in [-0.2, -0.15) is 0 Å². The van der Waals surface area contributed by atoms with E-state index in [2.05, 4.69) is 15.3 Å². The van der Waals surface area contributed by atoms with Gasteiger partial charge in [-0.1, -0.05) is 35.5 Å². The molecule has 0 radical (unpaired) electrons. The lowest BCUT2D eigenvalue weighted by molar-refractivity contribution is -0.156. The highest BCUT2D eigenvalue weighted by molar-refractivity contribution is 8.03. The zero-order valence-corrected chi connectivity index (χ0v) is 21.3. The summed E-state index contributed by atoms with van der Waals surface area (Å²) in [7, 11) is 0. The van der Waals surface area contributed by atoms with Crippen molar-refractivity contribution in [2.24, 2.45) is 0 Å². The molecule has 5 nitrogen and oxygen atoms in total. The molecule has 0 bridgehead atoms. The van der Waals surface area contributed by atoms with Gasteiger partial charge in [0, 0.05) is 35.1 Å². The van der Waals surface area contributed by atoms with E-state index < -0.39 is 10.3 Å². The number of esters is 1. The Morgan fingerprint density at radius 3 is 2.41 bits per heavy atom. The van der Waals surface area contributed by atoms with Crippen LogP contribution in [0.5, 0.6) is 0 Å². The largest absolute Gasteiger partial charge is 0.459 e. The van der Waals surface area contributed by atoms with E-state index in [1.165, 1.54) is 11.8 Å². The standard InChI is InChI=1S/C24H28ClN3O2S2/c1-23(2,3)30-21(29)24(4,5)32-22-28-19(15-31-22)12-13-26-20-11-8-17(14-27-20)16-6-9-18(25)10-7-16/h6-11,14-15H,12-13H2,1-5H3,(H,26,27). The highest BCUT2D eigenvalue weighted by Gasteiger charge is 2.34. The number of thiazole rings is 1. The number of benzene rings is 1. The number of hydrogen-bond acceptors (Lipinski definition) is 7. The molecule has 0 fully saturated rings. The van der Waals surface area contributed by atoms with E-state index in [1.54, 1.807) is 11.3 Å². The topological polar surface area (TPSA) is 64.1 Å². The summed E-state index contributed by atoms with van der Waals surface area (Å²) in [6.45, 7) is 10.1. The van der Waals surface area contributed by atoms with Gasteiger partial charge >= 0.3 is 5.97 Å². The molecule has 1 aromatic carbocycles. The minimum Gasteiger partial charge on any atom is -0.459 e. The molecular weight excluding hydrogens is 462 g/mol. The summed E-state index contributed by atoms with van der Waals surface area (Å²) in [6, 6.07) is 11.7. The molecule has 3 rings (SSSR count). The number of nitrogens with zero attached hydrogens (tertiary/aromatic N) is 2. The number of carbonyl (C=O) groups excluding carboxylic acids is 1. The first kappa shape index (κ1) is 24.6. The fourth-order valence-corrected chi connectivity index (χ4v) is 5.13. The molecule has 3 aromatic rings. The molecule has 2 aromatic heterocycles. The molecule has 0 aliphatic heterocycles. The summed E-state index contributed by atoms with van der Waals surface area (Å²) in [5, 5.41) is 6.09. The van der Waals surface area contributed by atoms with Crippen LogP contribution in [0.25, 0.3) is 11.1 Å². The zero-order valence-electron chi connectivity index (χ0n) is 18.9. The Labute approximate surface area is 203 Å². The molecule has 0 atom stereocenters. The Balaban J connectivity index is 1.50. The van der Waals surface area contributed by atoms with Crippen LogP contribution in [0, 0.1) is 0 Å². The van der Waals surface area contributed by atoms with E-state index in [1.807, 2.05) is 82.6 Å². The Bertz CT molecular complexity index is 1040. The van der Waals surface area contributed by atoms with E-state index in [9.17, 15) is 4.79 Å². The molecular formula is C24H28ClN3O2S2. The zero-order chi connectivity index (χ0) is 23.4. The fraction of sp³-hybridized carbons (Fsp3) is 0.375. The van der Waals surface area contributed by atoms with E-state index in [0.29, 0.717) is 0 Å². The van der Waals surface area contributed by atoms with Crippen LogP contribution < -0.4 is 5.32 Å². The van der Waals surface area contributed by atoms with Crippen LogP contribution in [0.2, 0.25) is 5.02 Å². The number of carbonyl (C=O) groups is 1. The minimum absolute atomic E-state index is 0.235. The van der Waals surface area contributed by atoms with Crippen LogP contribution in [-0.4, -0.2) is 32.8 Å². The minimum atomic E-state index is -0.698. The van der Waals surface area contributed by atoms with Gasteiger partial charge in [0.25, 0.3) is 0 Å². The van der Waals surface area contributed by atoms with Crippen molar-refractivity contribution >= 4 is 46.5 Å². The molecule has 170 valence electrons. The summed E-state index contributed by atoms with van der Waals surface area (Å²) < 4.78 is 5.70. The van der Waals surface area contributed by atoms with E-state index in [4.69, 9.17) is 16.3 Å².